The fourth-order valence-electron chi connectivity index (χ4n) is 1.23. The van der Waals surface area contributed by atoms with Crippen LogP contribution in [0, 0.1) is 0 Å². The third-order valence-electron chi connectivity index (χ3n) is 1.97. The van der Waals surface area contributed by atoms with Gasteiger partial charge in [0.05, 0.1) is 0 Å². The summed E-state index contributed by atoms with van der Waals surface area (Å²) in [5.74, 6) is 0. The van der Waals surface area contributed by atoms with Crippen LogP contribution in [0.4, 0.5) is 4.79 Å². The first kappa shape index (κ1) is 12.9. The highest BCUT2D eigenvalue weighted by molar-refractivity contribution is 8.00. The van der Waals surface area contributed by atoms with Crippen LogP contribution in [0.15, 0.2) is 35.2 Å². The first-order chi connectivity index (χ1) is 7.72. The zero-order valence-electron chi connectivity index (χ0n) is 9.69. The molecule has 0 aliphatic rings. The summed E-state index contributed by atoms with van der Waals surface area (Å²) in [6.45, 7) is 5.34. The van der Waals surface area contributed by atoms with E-state index < -0.39 is 0 Å². The summed E-state index contributed by atoms with van der Waals surface area (Å²) >= 11 is 1.76. The summed E-state index contributed by atoms with van der Waals surface area (Å²) in [5.41, 5.74) is 0. The lowest BCUT2D eigenvalue weighted by molar-refractivity contribution is 0.241. The first-order valence-electron chi connectivity index (χ1n) is 5.45. The van der Waals surface area contributed by atoms with Crippen molar-refractivity contribution in [3.63, 3.8) is 0 Å². The average Bonchev–Trinajstić information content (AvgIpc) is 2.28. The topological polar surface area (TPSA) is 41.1 Å². The van der Waals surface area contributed by atoms with Gasteiger partial charge in [-0.25, -0.2) is 4.79 Å². The number of nitrogens with one attached hydrogen (secondary N) is 2. The maximum atomic E-state index is 11.2. The summed E-state index contributed by atoms with van der Waals surface area (Å²) in [6.07, 6.45) is 0. The molecule has 0 aromatic heterocycles. The Labute approximate surface area is 101 Å². The number of hydrogen-bond donors (Lipinski definition) is 2. The molecule has 0 aliphatic heterocycles. The van der Waals surface area contributed by atoms with Crippen LogP contribution >= 0.6 is 11.8 Å². The third kappa shape index (κ3) is 5.07. The zero-order chi connectivity index (χ0) is 11.8. The van der Waals surface area contributed by atoms with Gasteiger partial charge < -0.3 is 10.6 Å². The van der Waals surface area contributed by atoms with Crippen molar-refractivity contribution in [1.29, 1.82) is 0 Å². The lowest BCUT2D eigenvalue weighted by Crippen LogP contribution is -2.38. The molecule has 16 heavy (non-hydrogen) atoms. The Kier molecular flexibility index (Phi) is 5.78. The van der Waals surface area contributed by atoms with Gasteiger partial charge in [0, 0.05) is 23.2 Å². The van der Waals surface area contributed by atoms with E-state index in [0.717, 1.165) is 0 Å². The minimum Gasteiger partial charge on any atom is -0.338 e. The Balaban J connectivity index is 2.26. The summed E-state index contributed by atoms with van der Waals surface area (Å²) in [7, 11) is 0. The molecule has 88 valence electrons. The van der Waals surface area contributed by atoms with Crippen LogP contribution in [0.25, 0.3) is 0 Å². The minimum absolute atomic E-state index is 0.0944. The van der Waals surface area contributed by atoms with Gasteiger partial charge >= 0.3 is 6.03 Å². The number of carbonyl (C=O) groups excluding carboxylic acids is 1. The summed E-state index contributed by atoms with van der Waals surface area (Å²) in [6, 6.07) is 10.1. The van der Waals surface area contributed by atoms with Crippen molar-refractivity contribution in [2.45, 2.75) is 24.0 Å². The Morgan fingerprint density at radius 3 is 2.62 bits per heavy atom. The van der Waals surface area contributed by atoms with Gasteiger partial charge in [-0.2, -0.15) is 0 Å². The van der Waals surface area contributed by atoms with Crippen LogP contribution in [0.3, 0.4) is 0 Å². The molecule has 0 unspecified atom stereocenters. The second-order valence-corrected chi connectivity index (χ2v) is 4.99. The number of hydrogen-bond acceptors (Lipinski definition) is 2. The monoisotopic (exact) mass is 238 g/mol. The smallest absolute Gasteiger partial charge is 0.314 e. The number of benzene rings is 1. The normalized spacial score (nSPS) is 11.9. The molecular formula is C12H18N2OS. The summed E-state index contributed by atoms with van der Waals surface area (Å²) in [4.78, 5) is 12.4. The highest BCUT2D eigenvalue weighted by atomic mass is 32.2. The molecule has 0 fully saturated rings. The Morgan fingerprint density at radius 2 is 2.00 bits per heavy atom. The predicted octanol–water partition coefficient (Wildman–Crippen LogP) is 2.49. The van der Waals surface area contributed by atoms with E-state index >= 15 is 0 Å². The van der Waals surface area contributed by atoms with Crippen LogP contribution in [0.5, 0.6) is 0 Å². The molecule has 0 heterocycles. The van der Waals surface area contributed by atoms with E-state index in [-0.39, 0.29) is 6.03 Å². The van der Waals surface area contributed by atoms with Crippen molar-refractivity contribution in [2.75, 3.05) is 13.1 Å². The maximum Gasteiger partial charge on any atom is 0.314 e. The molecule has 0 radical (unpaired) electrons. The molecule has 4 heteroatoms. The van der Waals surface area contributed by atoms with E-state index in [2.05, 4.69) is 29.7 Å². The Morgan fingerprint density at radius 1 is 1.31 bits per heavy atom. The molecular weight excluding hydrogens is 220 g/mol. The predicted molar refractivity (Wildman–Crippen MR) is 68.8 cm³/mol. The highest BCUT2D eigenvalue weighted by Gasteiger charge is 2.05. The van der Waals surface area contributed by atoms with E-state index in [1.807, 2.05) is 25.1 Å². The van der Waals surface area contributed by atoms with E-state index in [4.69, 9.17) is 0 Å². The fraction of sp³-hybridized carbons (Fsp3) is 0.417. The van der Waals surface area contributed by atoms with Gasteiger partial charge in [0.2, 0.25) is 0 Å². The van der Waals surface area contributed by atoms with Gasteiger partial charge in [0.1, 0.15) is 0 Å². The number of urea groups is 1. The molecule has 3 nitrogen and oxygen atoms in total. The fourth-order valence-corrected chi connectivity index (χ4v) is 2.18. The average molecular weight is 238 g/mol. The van der Waals surface area contributed by atoms with Crippen LogP contribution < -0.4 is 10.6 Å². The van der Waals surface area contributed by atoms with Crippen molar-refractivity contribution in [2.24, 2.45) is 0 Å². The van der Waals surface area contributed by atoms with Crippen LogP contribution in [-0.2, 0) is 0 Å². The van der Waals surface area contributed by atoms with Gasteiger partial charge in [-0.05, 0) is 19.1 Å². The SMILES string of the molecule is CCNC(=O)NC[C@H](C)Sc1ccccc1. The molecule has 1 rings (SSSR count). The van der Waals surface area contributed by atoms with Crippen molar-refractivity contribution in [3.8, 4) is 0 Å². The van der Waals surface area contributed by atoms with Crippen LogP contribution in [0.2, 0.25) is 0 Å². The van der Waals surface area contributed by atoms with Crippen molar-refractivity contribution >= 4 is 17.8 Å². The van der Waals surface area contributed by atoms with Gasteiger partial charge in [-0.3, -0.25) is 0 Å². The first-order valence-corrected chi connectivity index (χ1v) is 6.33. The quantitative estimate of drug-likeness (QED) is 0.774. The third-order valence-corrected chi connectivity index (χ3v) is 3.08. The van der Waals surface area contributed by atoms with Crippen molar-refractivity contribution in [1.82, 2.24) is 10.6 Å². The number of rotatable bonds is 5. The van der Waals surface area contributed by atoms with Gasteiger partial charge in [-0.15, -0.1) is 11.8 Å². The molecule has 0 saturated carbocycles. The summed E-state index contributed by atoms with van der Waals surface area (Å²) < 4.78 is 0. The zero-order valence-corrected chi connectivity index (χ0v) is 10.5. The molecule has 1 aromatic rings. The van der Waals surface area contributed by atoms with Crippen molar-refractivity contribution < 1.29 is 4.79 Å². The van der Waals surface area contributed by atoms with Crippen molar-refractivity contribution in [3.05, 3.63) is 30.3 Å². The number of thioether (sulfide) groups is 1. The second kappa shape index (κ2) is 7.17. The molecule has 1 atom stereocenters. The van der Waals surface area contributed by atoms with E-state index in [1.54, 1.807) is 11.8 Å². The second-order valence-electron chi connectivity index (χ2n) is 3.48. The molecule has 1 aromatic carbocycles. The lowest BCUT2D eigenvalue weighted by Gasteiger charge is -2.12. The highest BCUT2D eigenvalue weighted by Crippen LogP contribution is 2.21. The molecule has 0 spiro atoms. The van der Waals surface area contributed by atoms with E-state index in [0.29, 0.717) is 18.3 Å². The molecule has 0 bridgehead atoms. The van der Waals surface area contributed by atoms with Gasteiger partial charge in [-0.1, -0.05) is 25.1 Å². The van der Waals surface area contributed by atoms with E-state index in [1.165, 1.54) is 4.90 Å². The lowest BCUT2D eigenvalue weighted by atomic mass is 10.4. The Bertz CT molecular complexity index is 316. The van der Waals surface area contributed by atoms with E-state index in [9.17, 15) is 4.79 Å². The Hall–Kier alpha value is -1.16. The number of amides is 2. The van der Waals surface area contributed by atoms with Gasteiger partial charge in [0.25, 0.3) is 0 Å². The van der Waals surface area contributed by atoms with Crippen LogP contribution in [-0.4, -0.2) is 24.4 Å². The molecule has 2 amide bonds. The van der Waals surface area contributed by atoms with Gasteiger partial charge in [0.15, 0.2) is 0 Å². The van der Waals surface area contributed by atoms with Crippen LogP contribution in [0.1, 0.15) is 13.8 Å². The number of carbonyl (C=O) groups is 1. The standard InChI is InChI=1S/C12H18N2OS/c1-3-13-12(15)14-9-10(2)16-11-7-5-4-6-8-11/h4-8,10H,3,9H2,1-2H3,(H2,13,14,15)/t10-/m0/s1. The minimum atomic E-state index is -0.0944. The summed E-state index contributed by atoms with van der Waals surface area (Å²) in [5, 5.41) is 5.90. The maximum absolute atomic E-state index is 11.2. The largest absolute Gasteiger partial charge is 0.338 e. The molecule has 0 aliphatic carbocycles. The molecule has 0 saturated heterocycles. The molecule has 2 N–H and O–H groups in total.